The predicted octanol–water partition coefficient (Wildman–Crippen LogP) is 3.66. The average molecular weight is 310 g/mol. The minimum Gasteiger partial charge on any atom is -0.469 e. The molecule has 2 bridgehead atoms. The first kappa shape index (κ1) is 14.7. The highest BCUT2D eigenvalue weighted by atomic mass is 16.5. The van der Waals surface area contributed by atoms with Crippen LogP contribution in [0.4, 0.5) is 0 Å². The molecule has 2 fully saturated rings. The molecule has 1 aromatic rings. The Balaban J connectivity index is 2.02. The lowest BCUT2D eigenvalue weighted by Crippen LogP contribution is -2.37. The number of aryl methyl sites for hydroxylation is 1. The van der Waals surface area contributed by atoms with Gasteiger partial charge in [-0.3, -0.25) is 9.59 Å². The Hall–Kier alpha value is -1.90. The summed E-state index contributed by atoms with van der Waals surface area (Å²) < 4.78 is 5.17. The van der Waals surface area contributed by atoms with Crippen molar-refractivity contribution in [3.8, 4) is 0 Å². The van der Waals surface area contributed by atoms with Crippen molar-refractivity contribution in [2.75, 3.05) is 7.11 Å². The van der Waals surface area contributed by atoms with Crippen LogP contribution in [0.5, 0.6) is 0 Å². The number of Topliss-reactive ketones (excluding diaryl/α,β-unsaturated/α-hetero) is 1. The van der Waals surface area contributed by atoms with Crippen LogP contribution in [0.15, 0.2) is 30.4 Å². The van der Waals surface area contributed by atoms with Crippen molar-refractivity contribution in [1.82, 2.24) is 0 Å². The number of rotatable bonds is 1. The first-order valence-corrected chi connectivity index (χ1v) is 8.28. The van der Waals surface area contributed by atoms with Gasteiger partial charge in [-0.2, -0.15) is 0 Å². The summed E-state index contributed by atoms with van der Waals surface area (Å²) in [4.78, 5) is 25.6. The maximum Gasteiger partial charge on any atom is 0.314 e. The van der Waals surface area contributed by atoms with Gasteiger partial charge in [-0.05, 0) is 54.4 Å². The van der Waals surface area contributed by atoms with Crippen LogP contribution in [0.2, 0.25) is 0 Å². The monoisotopic (exact) mass is 310 g/mol. The third-order valence-electron chi connectivity index (χ3n) is 6.65. The summed E-state index contributed by atoms with van der Waals surface area (Å²) >= 11 is 0. The van der Waals surface area contributed by atoms with Crippen molar-refractivity contribution in [1.29, 1.82) is 0 Å². The Labute approximate surface area is 136 Å². The van der Waals surface area contributed by atoms with Crippen LogP contribution in [-0.2, 0) is 14.3 Å². The largest absolute Gasteiger partial charge is 0.469 e. The molecule has 4 atom stereocenters. The zero-order valence-electron chi connectivity index (χ0n) is 13.9. The van der Waals surface area contributed by atoms with Crippen LogP contribution < -0.4 is 0 Å². The van der Waals surface area contributed by atoms with Crippen molar-refractivity contribution >= 4 is 11.8 Å². The molecular weight excluding hydrogens is 288 g/mol. The molecule has 0 saturated heterocycles. The molecular formula is C20H22O3. The van der Waals surface area contributed by atoms with Crippen molar-refractivity contribution in [2.45, 2.75) is 44.9 Å². The molecule has 0 aromatic heterocycles. The molecule has 0 amide bonds. The molecule has 3 heteroatoms. The van der Waals surface area contributed by atoms with E-state index in [-0.39, 0.29) is 23.1 Å². The van der Waals surface area contributed by atoms with Crippen LogP contribution >= 0.6 is 0 Å². The Morgan fingerprint density at radius 3 is 2.83 bits per heavy atom. The van der Waals surface area contributed by atoms with Gasteiger partial charge in [-0.25, -0.2) is 0 Å². The fraction of sp³-hybridized carbons (Fsp3) is 0.500. The molecule has 2 saturated carbocycles. The number of allylic oxidation sites excluding steroid dienone is 1. The number of hydrogen-bond acceptors (Lipinski definition) is 3. The van der Waals surface area contributed by atoms with Crippen LogP contribution in [0.25, 0.3) is 0 Å². The standard InChI is InChI=1S/C20H22O3/c1-11-6-5-7-13-14-8-9-19(3)10-20(14,12(2)17(19)21)16(15(11)13)18(22)23-4/h5-7,14,16H,2,8-10H2,1,3-4H3/t14-,16-,19+,20+/m1/s1. The third kappa shape index (κ3) is 1.51. The van der Waals surface area contributed by atoms with E-state index in [1.54, 1.807) is 0 Å². The average Bonchev–Trinajstić information content (AvgIpc) is 2.91. The highest BCUT2D eigenvalue weighted by Crippen LogP contribution is 2.73. The fourth-order valence-corrected chi connectivity index (χ4v) is 5.68. The van der Waals surface area contributed by atoms with Crippen LogP contribution in [0.1, 0.15) is 54.7 Å². The summed E-state index contributed by atoms with van der Waals surface area (Å²) in [5.41, 5.74) is 3.20. The molecule has 1 aromatic carbocycles. The van der Waals surface area contributed by atoms with Gasteiger partial charge in [-0.15, -0.1) is 0 Å². The molecule has 23 heavy (non-hydrogen) atoms. The summed E-state index contributed by atoms with van der Waals surface area (Å²) in [6.45, 7) is 8.26. The molecule has 0 unspecified atom stereocenters. The van der Waals surface area contributed by atoms with Gasteiger partial charge in [0, 0.05) is 10.8 Å². The van der Waals surface area contributed by atoms with E-state index in [0.717, 1.165) is 30.4 Å². The lowest BCUT2D eigenvalue weighted by Gasteiger charge is -2.41. The van der Waals surface area contributed by atoms with Gasteiger partial charge in [0.05, 0.1) is 13.0 Å². The van der Waals surface area contributed by atoms with Crippen LogP contribution in [0, 0.1) is 17.8 Å². The lowest BCUT2D eigenvalue weighted by atomic mass is 9.60. The number of ether oxygens (including phenoxy) is 1. The zero-order valence-corrected chi connectivity index (χ0v) is 13.9. The van der Waals surface area contributed by atoms with E-state index in [9.17, 15) is 9.59 Å². The second-order valence-corrected chi connectivity index (χ2v) is 7.71. The first-order valence-electron chi connectivity index (χ1n) is 8.28. The van der Waals surface area contributed by atoms with E-state index >= 15 is 0 Å². The zero-order chi connectivity index (χ0) is 16.6. The Kier molecular flexibility index (Phi) is 2.77. The number of carbonyl (C=O) groups excluding carboxylic acids is 2. The van der Waals surface area contributed by atoms with E-state index < -0.39 is 11.3 Å². The fourth-order valence-electron chi connectivity index (χ4n) is 5.68. The second-order valence-electron chi connectivity index (χ2n) is 7.71. The smallest absolute Gasteiger partial charge is 0.314 e. The lowest BCUT2D eigenvalue weighted by molar-refractivity contribution is -0.145. The molecule has 3 nitrogen and oxygen atoms in total. The van der Waals surface area contributed by atoms with Crippen LogP contribution in [-0.4, -0.2) is 18.9 Å². The van der Waals surface area contributed by atoms with E-state index in [2.05, 4.69) is 18.7 Å². The van der Waals surface area contributed by atoms with E-state index in [1.165, 1.54) is 12.7 Å². The number of hydrogen-bond donors (Lipinski definition) is 0. The minimum absolute atomic E-state index is 0.152. The van der Waals surface area contributed by atoms with Crippen molar-refractivity contribution in [3.05, 3.63) is 47.0 Å². The second kappa shape index (κ2) is 4.34. The van der Waals surface area contributed by atoms with Gasteiger partial charge in [0.1, 0.15) is 0 Å². The topological polar surface area (TPSA) is 43.4 Å². The maximum atomic E-state index is 12.9. The number of esters is 1. The number of fused-ring (bicyclic) bond motifs is 3. The molecule has 0 aliphatic heterocycles. The van der Waals surface area contributed by atoms with Crippen molar-refractivity contribution in [3.63, 3.8) is 0 Å². The van der Waals surface area contributed by atoms with Gasteiger partial charge in [-0.1, -0.05) is 31.7 Å². The molecule has 120 valence electrons. The summed E-state index contributed by atoms with van der Waals surface area (Å²) in [5, 5.41) is 0. The molecule has 0 heterocycles. The van der Waals surface area contributed by atoms with E-state index in [4.69, 9.17) is 4.74 Å². The molecule has 4 rings (SSSR count). The number of methoxy groups -OCH3 is 1. The predicted molar refractivity (Wildman–Crippen MR) is 87.2 cm³/mol. The molecule has 3 aliphatic rings. The number of ketones is 1. The minimum atomic E-state index is -0.481. The molecule has 0 radical (unpaired) electrons. The molecule has 3 aliphatic carbocycles. The first-order chi connectivity index (χ1) is 10.9. The normalized spacial score (nSPS) is 37.5. The summed E-state index contributed by atoms with van der Waals surface area (Å²) in [6.07, 6.45) is 2.53. The van der Waals surface area contributed by atoms with Gasteiger partial charge in [0.2, 0.25) is 0 Å². The van der Waals surface area contributed by atoms with Gasteiger partial charge >= 0.3 is 5.97 Å². The summed E-state index contributed by atoms with van der Waals surface area (Å²) in [5.74, 6) is -0.275. The SMILES string of the molecule is C=C1C(=O)[C@@]2(C)CC[C@@H]3c4cccc(C)c4[C@H](C(=O)OC)[C@@]13C2. The van der Waals surface area contributed by atoms with Crippen molar-refractivity contribution in [2.24, 2.45) is 10.8 Å². The Bertz CT molecular complexity index is 762. The van der Waals surface area contributed by atoms with Gasteiger partial charge in [0.15, 0.2) is 5.78 Å². The summed E-state index contributed by atoms with van der Waals surface area (Å²) in [7, 11) is 1.44. The van der Waals surface area contributed by atoms with Gasteiger partial charge in [0.25, 0.3) is 0 Å². The molecule has 1 spiro atoms. The molecule has 0 N–H and O–H groups in total. The van der Waals surface area contributed by atoms with Gasteiger partial charge < -0.3 is 4.74 Å². The van der Waals surface area contributed by atoms with E-state index in [0.29, 0.717) is 5.57 Å². The Morgan fingerprint density at radius 2 is 2.13 bits per heavy atom. The number of carbonyl (C=O) groups is 2. The number of benzene rings is 1. The Morgan fingerprint density at radius 1 is 1.39 bits per heavy atom. The highest BCUT2D eigenvalue weighted by Gasteiger charge is 2.69. The quantitative estimate of drug-likeness (QED) is 0.587. The van der Waals surface area contributed by atoms with E-state index in [1.807, 2.05) is 19.9 Å². The van der Waals surface area contributed by atoms with Crippen molar-refractivity contribution < 1.29 is 14.3 Å². The highest BCUT2D eigenvalue weighted by molar-refractivity contribution is 6.06. The third-order valence-corrected chi connectivity index (χ3v) is 6.65. The summed E-state index contributed by atoms with van der Waals surface area (Å²) in [6, 6.07) is 6.22. The van der Waals surface area contributed by atoms with Crippen LogP contribution in [0.3, 0.4) is 0 Å². The maximum absolute atomic E-state index is 12.9.